The molecule has 5 fully saturated rings. The number of rotatable bonds is 3. The molecule has 0 N–H and O–H groups in total. The number of aromatic nitrogens is 1. The number of thiophene rings is 1. The Bertz CT molecular complexity index is 1030. The molecular weight excluding hydrogens is 412 g/mol. The minimum absolute atomic E-state index is 0.00328. The van der Waals surface area contributed by atoms with Crippen molar-refractivity contribution in [2.45, 2.75) is 31.3 Å². The van der Waals surface area contributed by atoms with Crippen LogP contribution >= 0.6 is 11.3 Å². The Kier molecular flexibility index (Phi) is 4.54. The summed E-state index contributed by atoms with van der Waals surface area (Å²) in [4.78, 5) is 37.2. The molecule has 0 aliphatic carbocycles. The van der Waals surface area contributed by atoms with Crippen LogP contribution in [-0.4, -0.2) is 71.7 Å². The molecule has 7 nitrogen and oxygen atoms in total. The Labute approximate surface area is 185 Å². The monoisotopic (exact) mass is 438 g/mol. The second kappa shape index (κ2) is 7.31. The number of carbonyl (C=O) groups excluding carboxylic acids is 2. The van der Waals surface area contributed by atoms with Crippen molar-refractivity contribution < 1.29 is 14.3 Å². The Balaban J connectivity index is 1.23. The summed E-state index contributed by atoms with van der Waals surface area (Å²) >= 11 is 1.53. The molecule has 7 rings (SSSR count). The van der Waals surface area contributed by atoms with Gasteiger partial charge >= 0.3 is 6.09 Å². The Morgan fingerprint density at radius 1 is 1.06 bits per heavy atom. The molecule has 2 bridgehead atoms. The molecule has 1 atom stereocenters. The molecule has 2 amide bonds. The average molecular weight is 439 g/mol. The zero-order chi connectivity index (χ0) is 21.0. The predicted molar refractivity (Wildman–Crippen MR) is 118 cm³/mol. The van der Waals surface area contributed by atoms with Crippen LogP contribution in [0.5, 0.6) is 0 Å². The largest absolute Gasteiger partial charge is 0.439 e. The van der Waals surface area contributed by atoms with Gasteiger partial charge in [0.1, 0.15) is 16.3 Å². The molecule has 2 aromatic heterocycles. The first-order chi connectivity index (χ1) is 15.1. The van der Waals surface area contributed by atoms with Gasteiger partial charge in [-0.1, -0.05) is 6.07 Å². The molecule has 0 radical (unpaired) electrons. The molecule has 5 aliphatic heterocycles. The highest BCUT2D eigenvalue weighted by molar-refractivity contribution is 7.19. The Hall–Kier alpha value is -2.45. The van der Waals surface area contributed by atoms with Crippen LogP contribution in [0.2, 0.25) is 0 Å². The van der Waals surface area contributed by atoms with Crippen LogP contribution in [0.3, 0.4) is 0 Å². The zero-order valence-corrected chi connectivity index (χ0v) is 18.3. The molecule has 0 saturated carbocycles. The van der Waals surface area contributed by atoms with Crippen LogP contribution in [-0.2, 0) is 4.74 Å². The fraction of sp³-hybridized carbons (Fsp3) is 0.522. The third kappa shape index (κ3) is 3.24. The molecule has 8 heteroatoms. The first-order valence-electron chi connectivity index (χ1n) is 11.2. The maximum atomic E-state index is 12.8. The molecule has 1 spiro atoms. The van der Waals surface area contributed by atoms with Gasteiger partial charge in [0.05, 0.1) is 17.1 Å². The number of nitrogens with zero attached hydrogens (tertiary/aromatic N) is 4. The van der Waals surface area contributed by atoms with E-state index in [1.807, 2.05) is 29.2 Å². The van der Waals surface area contributed by atoms with E-state index in [0.717, 1.165) is 74.0 Å². The lowest BCUT2D eigenvalue weighted by Gasteiger charge is -2.49. The van der Waals surface area contributed by atoms with Gasteiger partial charge in [-0.3, -0.25) is 14.6 Å². The maximum absolute atomic E-state index is 12.8. The van der Waals surface area contributed by atoms with Crippen LogP contribution in [0.4, 0.5) is 9.80 Å². The molecule has 5 aliphatic rings. The normalized spacial score (nSPS) is 29.7. The van der Waals surface area contributed by atoms with E-state index in [9.17, 15) is 9.59 Å². The van der Waals surface area contributed by atoms with Gasteiger partial charge < -0.3 is 9.64 Å². The van der Waals surface area contributed by atoms with Gasteiger partial charge in [-0.2, -0.15) is 0 Å². The maximum Gasteiger partial charge on any atom is 0.415 e. The molecule has 31 heavy (non-hydrogen) atoms. The van der Waals surface area contributed by atoms with Gasteiger partial charge in [0.25, 0.3) is 5.91 Å². The summed E-state index contributed by atoms with van der Waals surface area (Å²) in [6.07, 6.45) is 4.10. The van der Waals surface area contributed by atoms with E-state index in [1.165, 1.54) is 11.3 Å². The number of hydrogen-bond donors (Lipinski definition) is 0. The van der Waals surface area contributed by atoms with Crippen molar-refractivity contribution in [1.82, 2.24) is 14.8 Å². The molecule has 2 aromatic rings. The Morgan fingerprint density at radius 3 is 2.61 bits per heavy atom. The second-order valence-electron chi connectivity index (χ2n) is 9.11. The van der Waals surface area contributed by atoms with Crippen LogP contribution in [0, 0.1) is 5.92 Å². The van der Waals surface area contributed by atoms with Gasteiger partial charge in [0.15, 0.2) is 0 Å². The number of hydrogen-bond acceptors (Lipinski definition) is 6. The standard InChI is InChI=1S/C23H26N4O3S/c28-21(26-10-1-2-11-26)18-5-3-4-17(24-18)19-6-7-20(31-19)27-15-23(30-22(27)29)14-25-12-8-16(23)9-13-25/h3-7,16H,1-2,8-15H2/t23-/m1/s1. The molecule has 0 unspecified atom stereocenters. The summed E-state index contributed by atoms with van der Waals surface area (Å²) in [6, 6.07) is 9.55. The SMILES string of the molecule is O=C(c1cccc(-c2ccc(N3C[C@@]4(CN5CCC4CC5)OC3=O)s2)n1)N1CCCC1. The van der Waals surface area contributed by atoms with Crippen molar-refractivity contribution in [1.29, 1.82) is 0 Å². The van der Waals surface area contributed by atoms with E-state index in [2.05, 4.69) is 9.88 Å². The number of amides is 2. The number of piperidine rings is 3. The van der Waals surface area contributed by atoms with Crippen molar-refractivity contribution in [3.05, 3.63) is 36.0 Å². The third-order valence-corrected chi connectivity index (χ3v) is 8.36. The van der Waals surface area contributed by atoms with Crippen LogP contribution in [0.25, 0.3) is 10.6 Å². The lowest BCUT2D eigenvalue weighted by Crippen LogP contribution is -2.61. The van der Waals surface area contributed by atoms with E-state index < -0.39 is 0 Å². The van der Waals surface area contributed by atoms with Gasteiger partial charge in [0.2, 0.25) is 0 Å². The highest BCUT2D eigenvalue weighted by Crippen LogP contribution is 2.45. The van der Waals surface area contributed by atoms with E-state index in [-0.39, 0.29) is 17.6 Å². The smallest absolute Gasteiger partial charge is 0.415 e. The number of pyridine rings is 1. The number of fused-ring (bicyclic) bond motifs is 2. The van der Waals surface area contributed by atoms with Crippen LogP contribution < -0.4 is 4.90 Å². The number of anilines is 1. The quantitative estimate of drug-likeness (QED) is 0.734. The summed E-state index contributed by atoms with van der Waals surface area (Å²) in [6.45, 7) is 5.32. The first kappa shape index (κ1) is 19.3. The van der Waals surface area contributed by atoms with E-state index >= 15 is 0 Å². The Morgan fingerprint density at radius 2 is 1.87 bits per heavy atom. The van der Waals surface area contributed by atoms with Crippen molar-refractivity contribution in [2.75, 3.05) is 44.2 Å². The summed E-state index contributed by atoms with van der Waals surface area (Å²) in [5.74, 6) is 0.462. The minimum atomic E-state index is -0.363. The van der Waals surface area contributed by atoms with E-state index in [1.54, 1.807) is 11.0 Å². The van der Waals surface area contributed by atoms with Gasteiger partial charge in [0, 0.05) is 25.6 Å². The molecular formula is C23H26N4O3S. The van der Waals surface area contributed by atoms with Crippen molar-refractivity contribution in [3.8, 4) is 10.6 Å². The molecule has 7 heterocycles. The van der Waals surface area contributed by atoms with Crippen molar-refractivity contribution >= 4 is 28.3 Å². The van der Waals surface area contributed by atoms with E-state index in [4.69, 9.17) is 4.74 Å². The van der Waals surface area contributed by atoms with Crippen LogP contribution in [0.1, 0.15) is 36.2 Å². The minimum Gasteiger partial charge on any atom is -0.439 e. The fourth-order valence-corrected chi connectivity index (χ4v) is 6.53. The summed E-state index contributed by atoms with van der Waals surface area (Å²) in [7, 11) is 0. The van der Waals surface area contributed by atoms with Gasteiger partial charge in [-0.05, 0) is 63.0 Å². The number of likely N-dealkylation sites (tertiary alicyclic amines) is 1. The van der Waals surface area contributed by atoms with Crippen molar-refractivity contribution in [3.63, 3.8) is 0 Å². The number of carbonyl (C=O) groups is 2. The summed E-state index contributed by atoms with van der Waals surface area (Å²) in [5, 5.41) is 0.881. The predicted octanol–water partition coefficient (Wildman–Crippen LogP) is 3.47. The second-order valence-corrected chi connectivity index (χ2v) is 10.2. The topological polar surface area (TPSA) is 66.0 Å². The molecule has 0 aromatic carbocycles. The highest BCUT2D eigenvalue weighted by atomic mass is 32.1. The van der Waals surface area contributed by atoms with Crippen LogP contribution in [0.15, 0.2) is 30.3 Å². The molecule has 162 valence electrons. The third-order valence-electron chi connectivity index (χ3n) is 7.23. The van der Waals surface area contributed by atoms with Gasteiger partial charge in [-0.25, -0.2) is 9.78 Å². The highest BCUT2D eigenvalue weighted by Gasteiger charge is 2.55. The molecule has 5 saturated heterocycles. The zero-order valence-electron chi connectivity index (χ0n) is 17.5. The lowest BCUT2D eigenvalue weighted by molar-refractivity contribution is -0.0881. The first-order valence-corrected chi connectivity index (χ1v) is 12.0. The van der Waals surface area contributed by atoms with E-state index in [0.29, 0.717) is 18.2 Å². The fourth-order valence-electron chi connectivity index (χ4n) is 5.56. The average Bonchev–Trinajstić information content (AvgIpc) is 3.55. The number of ether oxygens (including phenoxy) is 1. The summed E-state index contributed by atoms with van der Waals surface area (Å²) < 4.78 is 6.00. The van der Waals surface area contributed by atoms with Crippen molar-refractivity contribution in [2.24, 2.45) is 5.92 Å². The summed E-state index contributed by atoms with van der Waals surface area (Å²) in [5.41, 5.74) is 0.894. The lowest BCUT2D eigenvalue weighted by atomic mass is 9.75. The van der Waals surface area contributed by atoms with Gasteiger partial charge in [-0.15, -0.1) is 11.3 Å².